The van der Waals surface area contributed by atoms with Gasteiger partial charge in [0.1, 0.15) is 0 Å². The van der Waals surface area contributed by atoms with E-state index in [2.05, 4.69) is 5.32 Å². The van der Waals surface area contributed by atoms with E-state index in [0.29, 0.717) is 23.7 Å². The van der Waals surface area contributed by atoms with Crippen LogP contribution in [-0.4, -0.2) is 37.5 Å². The molecule has 148 valence electrons. The third kappa shape index (κ3) is 3.94. The maximum Gasteiger partial charge on any atom is 0.251 e. The summed E-state index contributed by atoms with van der Waals surface area (Å²) in [5.74, 6) is 0.629. The molecule has 2 aliphatic rings. The first-order chi connectivity index (χ1) is 13.4. The quantitative estimate of drug-likeness (QED) is 0.783. The molecule has 1 amide bonds. The fourth-order valence-electron chi connectivity index (χ4n) is 3.63. The Hall–Kier alpha value is -1.54. The van der Waals surface area contributed by atoms with Crippen LogP contribution in [0.1, 0.15) is 41.2 Å². The van der Waals surface area contributed by atoms with Crippen molar-refractivity contribution in [2.24, 2.45) is 0 Å². The van der Waals surface area contributed by atoms with Crippen molar-refractivity contribution >= 4 is 39.3 Å². The average Bonchev–Trinajstić information content (AvgIpc) is 3.24. The fourth-order valence-corrected chi connectivity index (χ4v) is 6.48. The maximum atomic E-state index is 12.8. The van der Waals surface area contributed by atoms with Gasteiger partial charge in [0, 0.05) is 34.3 Å². The van der Waals surface area contributed by atoms with E-state index in [0.717, 1.165) is 35.5 Å². The largest absolute Gasteiger partial charge is 0.345 e. The summed E-state index contributed by atoms with van der Waals surface area (Å²) in [5, 5.41) is 3.69. The molecule has 8 heteroatoms. The van der Waals surface area contributed by atoms with E-state index in [9.17, 15) is 13.2 Å². The summed E-state index contributed by atoms with van der Waals surface area (Å²) in [4.78, 5) is 14.1. The zero-order chi connectivity index (χ0) is 19.7. The zero-order valence-corrected chi connectivity index (χ0v) is 17.6. The highest BCUT2D eigenvalue weighted by Crippen LogP contribution is 2.37. The number of benzene rings is 2. The molecule has 0 bridgehead atoms. The number of amides is 1. The molecule has 1 fully saturated rings. The number of sulfonamides is 1. The van der Waals surface area contributed by atoms with Crippen molar-refractivity contribution in [2.75, 3.05) is 18.8 Å². The van der Waals surface area contributed by atoms with Crippen molar-refractivity contribution in [3.05, 3.63) is 58.6 Å². The average molecular weight is 437 g/mol. The number of hydrogen-bond acceptors (Lipinski definition) is 4. The Bertz CT molecular complexity index is 1000. The van der Waals surface area contributed by atoms with Crippen molar-refractivity contribution in [2.45, 2.75) is 35.1 Å². The van der Waals surface area contributed by atoms with Gasteiger partial charge in [-0.1, -0.05) is 17.7 Å². The molecular formula is C20H21ClN2O3S2. The highest BCUT2D eigenvalue weighted by Gasteiger charge is 2.28. The molecule has 2 aliphatic heterocycles. The lowest BCUT2D eigenvalue weighted by Crippen LogP contribution is -2.31. The molecule has 0 aromatic heterocycles. The third-order valence-electron chi connectivity index (χ3n) is 5.12. The minimum absolute atomic E-state index is 0.138. The van der Waals surface area contributed by atoms with Crippen LogP contribution in [0.2, 0.25) is 5.02 Å². The van der Waals surface area contributed by atoms with Crippen molar-refractivity contribution in [1.29, 1.82) is 0 Å². The molecule has 0 aliphatic carbocycles. The molecule has 0 saturated carbocycles. The lowest BCUT2D eigenvalue weighted by molar-refractivity contribution is 0.0934. The number of fused-ring (bicyclic) bond motifs is 1. The van der Waals surface area contributed by atoms with E-state index >= 15 is 0 Å². The summed E-state index contributed by atoms with van der Waals surface area (Å²) in [6.07, 6.45) is 2.55. The van der Waals surface area contributed by atoms with Gasteiger partial charge in [-0.3, -0.25) is 4.79 Å². The molecule has 2 aromatic carbocycles. The van der Waals surface area contributed by atoms with E-state index in [1.54, 1.807) is 30.0 Å². The summed E-state index contributed by atoms with van der Waals surface area (Å²) >= 11 is 7.88. The third-order valence-corrected chi connectivity index (χ3v) is 8.37. The number of rotatable bonds is 4. The van der Waals surface area contributed by atoms with Gasteiger partial charge in [-0.15, -0.1) is 11.8 Å². The van der Waals surface area contributed by atoms with Crippen molar-refractivity contribution in [1.82, 2.24) is 9.62 Å². The predicted molar refractivity (Wildman–Crippen MR) is 111 cm³/mol. The minimum Gasteiger partial charge on any atom is -0.345 e. The van der Waals surface area contributed by atoms with Crippen LogP contribution in [0.5, 0.6) is 0 Å². The van der Waals surface area contributed by atoms with Gasteiger partial charge in [-0.25, -0.2) is 8.42 Å². The summed E-state index contributed by atoms with van der Waals surface area (Å²) in [6, 6.07) is 11.9. The van der Waals surface area contributed by atoms with Crippen LogP contribution in [0.15, 0.2) is 52.3 Å². The van der Waals surface area contributed by atoms with Crippen LogP contribution in [0.25, 0.3) is 0 Å². The first-order valence-electron chi connectivity index (χ1n) is 9.28. The molecule has 0 unspecified atom stereocenters. The van der Waals surface area contributed by atoms with E-state index in [1.807, 2.05) is 18.2 Å². The summed E-state index contributed by atoms with van der Waals surface area (Å²) in [5.41, 5.74) is 1.36. The summed E-state index contributed by atoms with van der Waals surface area (Å²) in [6.45, 7) is 1.08. The van der Waals surface area contributed by atoms with Gasteiger partial charge in [0.25, 0.3) is 5.91 Å². The first kappa shape index (κ1) is 19.8. The summed E-state index contributed by atoms with van der Waals surface area (Å²) < 4.78 is 27.0. The van der Waals surface area contributed by atoms with Gasteiger partial charge < -0.3 is 5.32 Å². The van der Waals surface area contributed by atoms with Crippen LogP contribution in [0.3, 0.4) is 0 Å². The van der Waals surface area contributed by atoms with E-state index in [1.165, 1.54) is 10.4 Å². The predicted octanol–water partition coefficient (Wildman–Crippen LogP) is 4.09. The lowest BCUT2D eigenvalue weighted by Gasteiger charge is -2.26. The standard InChI is InChI=1S/C20H21ClN2O3S2/c21-15-6-7-19-17(13-15)18(8-11-27-19)22-20(24)14-4-3-5-16(12-14)28(25,26)23-9-1-2-10-23/h3-7,12-13,18H,1-2,8-11H2,(H,22,24)/t18-/m1/s1. The van der Waals surface area contributed by atoms with Crippen LogP contribution < -0.4 is 5.32 Å². The number of halogens is 1. The van der Waals surface area contributed by atoms with Gasteiger partial charge >= 0.3 is 0 Å². The fraction of sp³-hybridized carbons (Fsp3) is 0.350. The van der Waals surface area contributed by atoms with Crippen LogP contribution in [0, 0.1) is 0 Å². The van der Waals surface area contributed by atoms with E-state index in [4.69, 9.17) is 11.6 Å². The molecule has 2 aromatic rings. The van der Waals surface area contributed by atoms with Crippen LogP contribution in [0.4, 0.5) is 0 Å². The van der Waals surface area contributed by atoms with Crippen LogP contribution >= 0.6 is 23.4 Å². The Morgan fingerprint density at radius 2 is 1.93 bits per heavy atom. The topological polar surface area (TPSA) is 66.5 Å². The van der Waals surface area contributed by atoms with Gasteiger partial charge in [-0.05, 0) is 61.2 Å². The molecule has 0 spiro atoms. The zero-order valence-electron chi connectivity index (χ0n) is 15.2. The molecule has 0 radical (unpaired) electrons. The number of hydrogen-bond donors (Lipinski definition) is 1. The van der Waals surface area contributed by atoms with Gasteiger partial charge in [0.15, 0.2) is 0 Å². The molecule has 2 heterocycles. The summed E-state index contributed by atoms with van der Waals surface area (Å²) in [7, 11) is -3.55. The Balaban J connectivity index is 1.56. The molecule has 1 atom stereocenters. The SMILES string of the molecule is O=C(N[C@@H]1CCSc2ccc(Cl)cc21)c1cccc(S(=O)(=O)N2CCCC2)c1. The second-order valence-electron chi connectivity index (χ2n) is 6.98. The Morgan fingerprint density at radius 3 is 2.71 bits per heavy atom. The highest BCUT2D eigenvalue weighted by molar-refractivity contribution is 7.99. The van der Waals surface area contributed by atoms with E-state index < -0.39 is 10.0 Å². The number of nitrogens with zero attached hydrogens (tertiary/aromatic N) is 1. The number of nitrogens with one attached hydrogen (secondary N) is 1. The lowest BCUT2D eigenvalue weighted by atomic mass is 10.0. The molecular weight excluding hydrogens is 416 g/mol. The normalized spacial score (nSPS) is 20.0. The molecule has 5 nitrogen and oxygen atoms in total. The molecule has 1 saturated heterocycles. The monoisotopic (exact) mass is 436 g/mol. The first-order valence-corrected chi connectivity index (χ1v) is 12.1. The molecule has 4 rings (SSSR count). The van der Waals surface area contributed by atoms with Crippen molar-refractivity contribution in [3.63, 3.8) is 0 Å². The van der Waals surface area contributed by atoms with Crippen molar-refractivity contribution < 1.29 is 13.2 Å². The highest BCUT2D eigenvalue weighted by atomic mass is 35.5. The Morgan fingerprint density at radius 1 is 1.14 bits per heavy atom. The molecule has 28 heavy (non-hydrogen) atoms. The number of thioether (sulfide) groups is 1. The Kier molecular flexibility index (Phi) is 5.69. The Labute approximate surface area is 174 Å². The van der Waals surface area contributed by atoms with Crippen LogP contribution in [-0.2, 0) is 10.0 Å². The van der Waals surface area contributed by atoms with E-state index in [-0.39, 0.29) is 16.8 Å². The minimum atomic E-state index is -3.55. The smallest absolute Gasteiger partial charge is 0.251 e. The number of carbonyl (C=O) groups is 1. The second kappa shape index (κ2) is 8.06. The maximum absolute atomic E-state index is 12.8. The van der Waals surface area contributed by atoms with Gasteiger partial charge in [-0.2, -0.15) is 4.31 Å². The van der Waals surface area contributed by atoms with Crippen molar-refractivity contribution in [3.8, 4) is 0 Å². The number of carbonyl (C=O) groups excluding carboxylic acids is 1. The van der Waals surface area contributed by atoms with Gasteiger partial charge in [0.2, 0.25) is 10.0 Å². The molecule has 1 N–H and O–H groups in total. The second-order valence-corrected chi connectivity index (χ2v) is 10.5. The van der Waals surface area contributed by atoms with Gasteiger partial charge in [0.05, 0.1) is 10.9 Å².